The molecule has 1 amide bonds. The molecule has 0 radical (unpaired) electrons. The van der Waals surface area contributed by atoms with Crippen LogP contribution in [0.2, 0.25) is 0 Å². The topological polar surface area (TPSA) is 69.2 Å². The van der Waals surface area contributed by atoms with Crippen molar-refractivity contribution in [2.24, 2.45) is 4.99 Å². The number of halogens is 1. The molecule has 1 saturated heterocycles. The van der Waals surface area contributed by atoms with Gasteiger partial charge in [0, 0.05) is 58.1 Å². The fraction of sp³-hybridized carbons (Fsp3) is 0.391. The second-order valence-corrected chi connectivity index (χ2v) is 7.18. The van der Waals surface area contributed by atoms with E-state index in [4.69, 9.17) is 4.74 Å². The molecule has 8 heteroatoms. The summed E-state index contributed by atoms with van der Waals surface area (Å²) in [6, 6.07) is 16.0. The van der Waals surface area contributed by atoms with Crippen LogP contribution in [0.4, 0.5) is 5.69 Å². The quantitative estimate of drug-likeness (QED) is 0.337. The van der Waals surface area contributed by atoms with Crippen LogP contribution in [0, 0.1) is 0 Å². The third kappa shape index (κ3) is 6.75. The minimum atomic E-state index is -0.0599. The molecule has 0 atom stereocenters. The van der Waals surface area contributed by atoms with Crippen molar-refractivity contribution in [1.29, 1.82) is 0 Å². The maximum atomic E-state index is 11.8. The first-order valence-corrected chi connectivity index (χ1v) is 10.3. The zero-order valence-electron chi connectivity index (χ0n) is 18.4. The monoisotopic (exact) mass is 537 g/mol. The fourth-order valence-corrected chi connectivity index (χ4v) is 3.63. The molecule has 2 aromatic rings. The van der Waals surface area contributed by atoms with Gasteiger partial charge in [-0.25, -0.2) is 0 Å². The summed E-state index contributed by atoms with van der Waals surface area (Å²) in [5.41, 5.74) is 3.03. The lowest BCUT2D eigenvalue weighted by Crippen LogP contribution is -2.52. The Morgan fingerprint density at radius 2 is 1.81 bits per heavy atom. The van der Waals surface area contributed by atoms with Gasteiger partial charge in [-0.2, -0.15) is 0 Å². The molecule has 168 valence electrons. The molecule has 31 heavy (non-hydrogen) atoms. The zero-order chi connectivity index (χ0) is 21.3. The average molecular weight is 537 g/mol. The fourth-order valence-electron chi connectivity index (χ4n) is 3.63. The van der Waals surface area contributed by atoms with Crippen molar-refractivity contribution in [3.8, 4) is 5.75 Å². The smallest absolute Gasteiger partial charge is 0.251 e. The number of hydrogen-bond donors (Lipinski definition) is 2. The predicted octanol–water partition coefficient (Wildman–Crippen LogP) is 2.61. The molecule has 7 nitrogen and oxygen atoms in total. The molecule has 2 aromatic carbocycles. The summed E-state index contributed by atoms with van der Waals surface area (Å²) in [6.45, 7) is 4.49. The van der Waals surface area contributed by atoms with Gasteiger partial charge < -0.3 is 25.2 Å². The molecule has 0 aliphatic carbocycles. The second-order valence-electron chi connectivity index (χ2n) is 7.18. The van der Waals surface area contributed by atoms with Crippen LogP contribution in [-0.4, -0.2) is 70.7 Å². The highest BCUT2D eigenvalue weighted by Gasteiger charge is 2.19. The Hall–Kier alpha value is -2.49. The largest absolute Gasteiger partial charge is 0.497 e. The number of guanidine groups is 1. The Labute approximate surface area is 201 Å². The first kappa shape index (κ1) is 24.8. The van der Waals surface area contributed by atoms with E-state index in [1.165, 1.54) is 5.69 Å². The first-order chi connectivity index (χ1) is 14.6. The van der Waals surface area contributed by atoms with E-state index < -0.39 is 0 Å². The number of piperazine rings is 1. The SMILES string of the molecule is CN=C(NCCc1cccc(C(=O)NC)c1)N1CCN(c2ccc(OC)cc2)CC1.I. The van der Waals surface area contributed by atoms with E-state index in [2.05, 4.69) is 37.6 Å². The number of hydrogen-bond acceptors (Lipinski definition) is 4. The summed E-state index contributed by atoms with van der Waals surface area (Å²) >= 11 is 0. The normalized spacial score (nSPS) is 14.0. The molecule has 0 unspecified atom stereocenters. The molecule has 1 fully saturated rings. The van der Waals surface area contributed by atoms with Crippen LogP contribution < -0.4 is 20.3 Å². The van der Waals surface area contributed by atoms with E-state index in [0.29, 0.717) is 5.56 Å². The first-order valence-electron chi connectivity index (χ1n) is 10.3. The Kier molecular flexibility index (Phi) is 9.90. The van der Waals surface area contributed by atoms with Crippen molar-refractivity contribution in [3.63, 3.8) is 0 Å². The third-order valence-corrected chi connectivity index (χ3v) is 5.34. The van der Waals surface area contributed by atoms with Gasteiger partial charge in [0.25, 0.3) is 5.91 Å². The third-order valence-electron chi connectivity index (χ3n) is 5.34. The zero-order valence-corrected chi connectivity index (χ0v) is 20.8. The average Bonchev–Trinajstić information content (AvgIpc) is 2.82. The van der Waals surface area contributed by atoms with Crippen molar-refractivity contribution in [2.45, 2.75) is 6.42 Å². The van der Waals surface area contributed by atoms with Crippen molar-refractivity contribution in [2.75, 3.05) is 58.8 Å². The van der Waals surface area contributed by atoms with Crippen molar-refractivity contribution >= 4 is 41.5 Å². The number of rotatable bonds is 6. The van der Waals surface area contributed by atoms with Gasteiger partial charge in [-0.15, -0.1) is 24.0 Å². The highest BCUT2D eigenvalue weighted by molar-refractivity contribution is 14.0. The molecule has 0 saturated carbocycles. The van der Waals surface area contributed by atoms with E-state index in [9.17, 15) is 4.79 Å². The van der Waals surface area contributed by atoms with E-state index in [1.54, 1.807) is 14.2 Å². The summed E-state index contributed by atoms with van der Waals surface area (Å²) < 4.78 is 5.24. The summed E-state index contributed by atoms with van der Waals surface area (Å²) in [6.07, 6.45) is 0.829. The van der Waals surface area contributed by atoms with Crippen molar-refractivity contribution in [1.82, 2.24) is 15.5 Å². The van der Waals surface area contributed by atoms with Gasteiger partial charge in [0.2, 0.25) is 0 Å². The molecule has 1 aliphatic rings. The standard InChI is InChI=1S/C23H31N5O2.HI/c1-24-22(29)19-6-4-5-18(17-19)11-12-26-23(25-2)28-15-13-27(14-16-28)20-7-9-21(30-3)10-8-20;/h4-10,17H,11-16H2,1-3H3,(H,24,29)(H,25,26);1H. The molecule has 0 aromatic heterocycles. The van der Waals surface area contributed by atoms with Crippen LogP contribution in [0.25, 0.3) is 0 Å². The molecule has 3 rings (SSSR count). The van der Waals surface area contributed by atoms with Gasteiger partial charge >= 0.3 is 0 Å². The maximum absolute atomic E-state index is 11.8. The summed E-state index contributed by atoms with van der Waals surface area (Å²) in [5.74, 6) is 1.74. The lowest BCUT2D eigenvalue weighted by Gasteiger charge is -2.37. The number of anilines is 1. The van der Waals surface area contributed by atoms with E-state index in [-0.39, 0.29) is 29.9 Å². The minimum absolute atomic E-state index is 0. The van der Waals surface area contributed by atoms with Crippen molar-refractivity contribution < 1.29 is 9.53 Å². The predicted molar refractivity (Wildman–Crippen MR) is 137 cm³/mol. The van der Waals surface area contributed by atoms with Crippen LogP contribution >= 0.6 is 24.0 Å². The highest BCUT2D eigenvalue weighted by Crippen LogP contribution is 2.20. The molecular formula is C23H32IN5O2. The number of aliphatic imine (C=N–C) groups is 1. The van der Waals surface area contributed by atoms with Gasteiger partial charge in [0.15, 0.2) is 5.96 Å². The molecular weight excluding hydrogens is 505 g/mol. The Morgan fingerprint density at radius 1 is 1.10 bits per heavy atom. The van der Waals surface area contributed by atoms with Crippen LogP contribution in [0.3, 0.4) is 0 Å². The van der Waals surface area contributed by atoms with Gasteiger partial charge in [-0.1, -0.05) is 12.1 Å². The molecule has 1 heterocycles. The Bertz CT molecular complexity index is 865. The number of amides is 1. The Morgan fingerprint density at radius 3 is 2.42 bits per heavy atom. The summed E-state index contributed by atoms with van der Waals surface area (Å²) in [7, 11) is 5.16. The molecule has 1 aliphatic heterocycles. The molecule has 0 spiro atoms. The van der Waals surface area contributed by atoms with E-state index in [0.717, 1.165) is 56.4 Å². The van der Waals surface area contributed by atoms with E-state index >= 15 is 0 Å². The number of ether oxygens (including phenoxy) is 1. The number of nitrogens with zero attached hydrogens (tertiary/aromatic N) is 3. The molecule has 2 N–H and O–H groups in total. The van der Waals surface area contributed by atoms with Crippen LogP contribution in [0.1, 0.15) is 15.9 Å². The minimum Gasteiger partial charge on any atom is -0.497 e. The molecule has 0 bridgehead atoms. The number of methoxy groups -OCH3 is 1. The summed E-state index contributed by atoms with van der Waals surface area (Å²) in [4.78, 5) is 20.9. The van der Waals surface area contributed by atoms with Gasteiger partial charge in [-0.05, 0) is 48.4 Å². The van der Waals surface area contributed by atoms with Gasteiger partial charge in [0.05, 0.1) is 7.11 Å². The van der Waals surface area contributed by atoms with Gasteiger partial charge in [-0.3, -0.25) is 9.79 Å². The second kappa shape index (κ2) is 12.4. The maximum Gasteiger partial charge on any atom is 0.251 e. The van der Waals surface area contributed by atoms with Crippen LogP contribution in [0.5, 0.6) is 5.75 Å². The summed E-state index contributed by atoms with van der Waals surface area (Å²) in [5, 5.41) is 6.13. The number of nitrogens with one attached hydrogen (secondary N) is 2. The number of benzene rings is 2. The highest BCUT2D eigenvalue weighted by atomic mass is 127. The lowest BCUT2D eigenvalue weighted by molar-refractivity contribution is 0.0963. The number of carbonyl (C=O) groups excluding carboxylic acids is 1. The number of carbonyl (C=O) groups is 1. The lowest BCUT2D eigenvalue weighted by atomic mass is 10.1. The van der Waals surface area contributed by atoms with Crippen LogP contribution in [0.15, 0.2) is 53.5 Å². The van der Waals surface area contributed by atoms with Crippen molar-refractivity contribution in [3.05, 3.63) is 59.7 Å². The Balaban J connectivity index is 0.00000341. The van der Waals surface area contributed by atoms with E-state index in [1.807, 2.05) is 43.4 Å². The van der Waals surface area contributed by atoms with Gasteiger partial charge in [0.1, 0.15) is 5.75 Å². The van der Waals surface area contributed by atoms with Crippen LogP contribution in [-0.2, 0) is 6.42 Å².